The summed E-state index contributed by atoms with van der Waals surface area (Å²) in [6, 6.07) is 15.1. The third-order valence-corrected chi connectivity index (χ3v) is 5.81. The lowest BCUT2D eigenvalue weighted by Crippen LogP contribution is -2.14. The van der Waals surface area contributed by atoms with Gasteiger partial charge in [-0.1, -0.05) is 11.8 Å². The highest BCUT2D eigenvalue weighted by molar-refractivity contribution is 8.00. The molecule has 4 aromatic rings. The van der Waals surface area contributed by atoms with Crippen LogP contribution in [-0.4, -0.2) is 39.7 Å². The smallest absolute Gasteiger partial charge is 0.234 e. The fraction of sp³-hybridized carbons (Fsp3) is 0.174. The number of ether oxygens (including phenoxy) is 3. The molecule has 2 aromatic heterocycles. The van der Waals surface area contributed by atoms with E-state index in [1.807, 2.05) is 37.3 Å². The number of nitrogens with one attached hydrogen (secondary N) is 1. The molecule has 0 spiro atoms. The van der Waals surface area contributed by atoms with Gasteiger partial charge in [0.15, 0.2) is 11.5 Å². The average Bonchev–Trinajstić information content (AvgIpc) is 3.45. The minimum Gasteiger partial charge on any atom is -0.494 e. The first kappa shape index (κ1) is 20.2. The number of anilines is 1. The zero-order valence-electron chi connectivity index (χ0n) is 17.3. The molecule has 0 saturated heterocycles. The first-order valence-corrected chi connectivity index (χ1v) is 11.1. The van der Waals surface area contributed by atoms with Gasteiger partial charge < -0.3 is 19.5 Å². The molecule has 5 rings (SSSR count). The summed E-state index contributed by atoms with van der Waals surface area (Å²) >= 11 is 1.36. The molecule has 3 heterocycles. The largest absolute Gasteiger partial charge is 0.494 e. The molecule has 1 N–H and O–H groups in total. The van der Waals surface area contributed by atoms with E-state index < -0.39 is 0 Å². The molecular formula is C23H20N4O4S. The van der Waals surface area contributed by atoms with Crippen molar-refractivity contribution in [2.24, 2.45) is 0 Å². The maximum Gasteiger partial charge on any atom is 0.234 e. The summed E-state index contributed by atoms with van der Waals surface area (Å²) in [6.45, 7) is 2.78. The summed E-state index contributed by atoms with van der Waals surface area (Å²) in [5, 5.41) is 8.26. The number of benzene rings is 2. The van der Waals surface area contributed by atoms with Crippen molar-refractivity contribution >= 4 is 28.9 Å². The van der Waals surface area contributed by atoms with E-state index in [1.54, 1.807) is 35.1 Å². The fourth-order valence-electron chi connectivity index (χ4n) is 3.34. The molecule has 162 valence electrons. The maximum absolute atomic E-state index is 12.5. The molecule has 0 aliphatic carbocycles. The van der Waals surface area contributed by atoms with Crippen molar-refractivity contribution in [3.8, 4) is 28.5 Å². The van der Waals surface area contributed by atoms with Gasteiger partial charge in [0.25, 0.3) is 0 Å². The molecule has 9 heteroatoms. The van der Waals surface area contributed by atoms with Crippen molar-refractivity contribution in [3.63, 3.8) is 0 Å². The molecule has 1 aliphatic heterocycles. The molecule has 2 aromatic carbocycles. The molecule has 0 saturated carbocycles. The van der Waals surface area contributed by atoms with Crippen LogP contribution in [0.25, 0.3) is 16.8 Å². The minimum absolute atomic E-state index is 0.135. The second-order valence-corrected chi connectivity index (χ2v) is 7.92. The van der Waals surface area contributed by atoms with Crippen molar-refractivity contribution in [1.82, 2.24) is 14.6 Å². The minimum atomic E-state index is -0.135. The van der Waals surface area contributed by atoms with Gasteiger partial charge in [0, 0.05) is 29.7 Å². The average molecular weight is 449 g/mol. The molecule has 32 heavy (non-hydrogen) atoms. The number of hydrogen-bond donors (Lipinski definition) is 1. The highest BCUT2D eigenvalue weighted by Crippen LogP contribution is 2.34. The van der Waals surface area contributed by atoms with Gasteiger partial charge in [-0.25, -0.2) is 9.50 Å². The Morgan fingerprint density at radius 3 is 2.84 bits per heavy atom. The molecule has 0 unspecified atom stereocenters. The normalized spacial score (nSPS) is 12.2. The number of fused-ring (bicyclic) bond motifs is 2. The van der Waals surface area contributed by atoms with E-state index in [-0.39, 0.29) is 18.5 Å². The van der Waals surface area contributed by atoms with Crippen LogP contribution in [0, 0.1) is 0 Å². The Hall–Kier alpha value is -3.72. The quantitative estimate of drug-likeness (QED) is 0.423. The first-order chi connectivity index (χ1) is 15.7. The van der Waals surface area contributed by atoms with Crippen LogP contribution in [0.1, 0.15) is 6.92 Å². The highest BCUT2D eigenvalue weighted by Gasteiger charge is 2.15. The van der Waals surface area contributed by atoms with Gasteiger partial charge in [0.2, 0.25) is 12.7 Å². The SMILES string of the molecule is CCOc1ccc(-c2cc3c(SCC(=O)Nc4ccc5c(c4)OCO5)nccn3n2)cc1. The predicted octanol–water partition coefficient (Wildman–Crippen LogP) is 4.25. The Morgan fingerprint density at radius 1 is 1.16 bits per heavy atom. The summed E-state index contributed by atoms with van der Waals surface area (Å²) in [5.74, 6) is 2.21. The van der Waals surface area contributed by atoms with Crippen molar-refractivity contribution < 1.29 is 19.0 Å². The summed E-state index contributed by atoms with van der Waals surface area (Å²) in [4.78, 5) is 16.9. The van der Waals surface area contributed by atoms with Crippen molar-refractivity contribution in [2.45, 2.75) is 11.9 Å². The van der Waals surface area contributed by atoms with Crippen LogP contribution in [-0.2, 0) is 4.79 Å². The maximum atomic E-state index is 12.5. The summed E-state index contributed by atoms with van der Waals surface area (Å²) in [7, 11) is 0. The molecule has 0 fully saturated rings. The Morgan fingerprint density at radius 2 is 2.00 bits per heavy atom. The van der Waals surface area contributed by atoms with E-state index in [0.29, 0.717) is 23.8 Å². The van der Waals surface area contributed by atoms with E-state index in [2.05, 4.69) is 15.4 Å². The second-order valence-electron chi connectivity index (χ2n) is 6.95. The Kier molecular flexibility index (Phi) is 5.55. The van der Waals surface area contributed by atoms with Crippen LogP contribution in [0.2, 0.25) is 0 Å². The number of nitrogens with zero attached hydrogens (tertiary/aromatic N) is 3. The van der Waals surface area contributed by atoms with Gasteiger partial charge in [-0.15, -0.1) is 0 Å². The van der Waals surface area contributed by atoms with Gasteiger partial charge >= 0.3 is 0 Å². The highest BCUT2D eigenvalue weighted by atomic mass is 32.2. The second kappa shape index (κ2) is 8.80. The number of aromatic nitrogens is 3. The Labute approximate surface area is 188 Å². The van der Waals surface area contributed by atoms with Gasteiger partial charge in [-0.3, -0.25) is 4.79 Å². The Bertz CT molecular complexity index is 1270. The number of carbonyl (C=O) groups excluding carboxylic acids is 1. The fourth-order valence-corrected chi connectivity index (χ4v) is 4.12. The molecule has 0 atom stereocenters. The van der Waals surface area contributed by atoms with Crippen LogP contribution in [0.4, 0.5) is 5.69 Å². The predicted molar refractivity (Wildman–Crippen MR) is 122 cm³/mol. The summed E-state index contributed by atoms with van der Waals surface area (Å²) in [5.41, 5.74) is 3.31. The number of amides is 1. The van der Waals surface area contributed by atoms with Crippen molar-refractivity contribution in [3.05, 3.63) is 60.9 Å². The van der Waals surface area contributed by atoms with E-state index in [1.165, 1.54) is 11.8 Å². The summed E-state index contributed by atoms with van der Waals surface area (Å²) < 4.78 is 17.9. The molecule has 8 nitrogen and oxygen atoms in total. The lowest BCUT2D eigenvalue weighted by molar-refractivity contribution is -0.113. The van der Waals surface area contributed by atoms with E-state index in [0.717, 1.165) is 27.5 Å². The van der Waals surface area contributed by atoms with Gasteiger partial charge in [0.1, 0.15) is 10.8 Å². The number of rotatable bonds is 7. The van der Waals surface area contributed by atoms with Gasteiger partial charge in [0.05, 0.1) is 23.6 Å². The first-order valence-electron chi connectivity index (χ1n) is 10.1. The molecule has 1 amide bonds. The lowest BCUT2D eigenvalue weighted by atomic mass is 10.1. The zero-order valence-corrected chi connectivity index (χ0v) is 18.1. The number of hydrogen-bond acceptors (Lipinski definition) is 7. The molecule has 1 aliphatic rings. The van der Waals surface area contributed by atoms with Gasteiger partial charge in [-0.2, -0.15) is 5.10 Å². The third-order valence-electron chi connectivity index (χ3n) is 4.81. The lowest BCUT2D eigenvalue weighted by Gasteiger charge is -2.06. The van der Waals surface area contributed by atoms with Gasteiger partial charge in [-0.05, 0) is 49.4 Å². The van der Waals surface area contributed by atoms with Crippen molar-refractivity contribution in [1.29, 1.82) is 0 Å². The topological polar surface area (TPSA) is 87.0 Å². The standard InChI is InChI=1S/C23H20N4O4S/c1-2-29-17-6-3-15(4-7-17)18-12-19-23(24-9-10-27(19)26-18)32-13-22(28)25-16-5-8-20-21(11-16)31-14-30-20/h3-12H,2,13-14H2,1H3,(H,25,28). The number of carbonyl (C=O) groups is 1. The van der Waals surface area contributed by atoms with Crippen LogP contribution in [0.3, 0.4) is 0 Å². The van der Waals surface area contributed by atoms with E-state index >= 15 is 0 Å². The van der Waals surface area contributed by atoms with Crippen LogP contribution in [0.5, 0.6) is 17.2 Å². The van der Waals surface area contributed by atoms with E-state index in [9.17, 15) is 4.79 Å². The third kappa shape index (κ3) is 4.19. The Balaban J connectivity index is 1.28. The zero-order chi connectivity index (χ0) is 21.9. The molecule has 0 bridgehead atoms. The van der Waals surface area contributed by atoms with Crippen LogP contribution in [0.15, 0.2) is 66.0 Å². The van der Waals surface area contributed by atoms with E-state index in [4.69, 9.17) is 14.2 Å². The monoisotopic (exact) mass is 448 g/mol. The number of thioether (sulfide) groups is 1. The molecular weight excluding hydrogens is 428 g/mol. The van der Waals surface area contributed by atoms with Crippen LogP contribution >= 0.6 is 11.8 Å². The summed E-state index contributed by atoms with van der Waals surface area (Å²) in [6.07, 6.45) is 3.48. The van der Waals surface area contributed by atoms with Crippen LogP contribution < -0.4 is 19.5 Å². The van der Waals surface area contributed by atoms with Crippen molar-refractivity contribution in [2.75, 3.05) is 24.5 Å². The molecule has 0 radical (unpaired) electrons.